The Morgan fingerprint density at radius 1 is 1.07 bits per heavy atom. The fraction of sp³-hybridized carbons (Fsp3) is 0.273. The lowest BCUT2D eigenvalue weighted by molar-refractivity contribution is 0.102. The van der Waals surface area contributed by atoms with Crippen LogP contribution in [0.25, 0.3) is 11.3 Å². The lowest BCUT2D eigenvalue weighted by atomic mass is 9.90. The van der Waals surface area contributed by atoms with E-state index in [9.17, 15) is 13.2 Å². The number of amides is 1. The van der Waals surface area contributed by atoms with Crippen LogP contribution in [0.5, 0.6) is 0 Å². The van der Waals surface area contributed by atoms with Crippen molar-refractivity contribution in [1.29, 1.82) is 0 Å². The number of nitrogens with one attached hydrogen (secondary N) is 1. The van der Waals surface area contributed by atoms with Crippen LogP contribution in [0.15, 0.2) is 52.7 Å². The number of nitrogens with zero attached hydrogens (tertiary/aromatic N) is 2. The zero-order valence-electron chi connectivity index (χ0n) is 16.9. The summed E-state index contributed by atoms with van der Waals surface area (Å²) in [4.78, 5) is 17.3. The van der Waals surface area contributed by atoms with Crippen LogP contribution in [0.3, 0.4) is 0 Å². The Labute approximate surface area is 180 Å². The third kappa shape index (κ3) is 4.16. The SMILES string of the molecule is CN(C)S(=O)(=O)c1cccc(C(=O)Nc2nc(-c3ccc4c(c3)CCCC4)cs2)c1. The van der Waals surface area contributed by atoms with Gasteiger partial charge in [-0.1, -0.05) is 18.2 Å². The summed E-state index contributed by atoms with van der Waals surface area (Å²) in [5.41, 5.74) is 4.94. The maximum atomic E-state index is 12.6. The highest BCUT2D eigenvalue weighted by Gasteiger charge is 2.19. The van der Waals surface area contributed by atoms with Crippen LogP contribution in [0.4, 0.5) is 5.13 Å². The number of benzene rings is 2. The Bertz CT molecular complexity index is 1200. The Kier molecular flexibility index (Phi) is 5.73. The van der Waals surface area contributed by atoms with Crippen LogP contribution in [-0.2, 0) is 22.9 Å². The summed E-state index contributed by atoms with van der Waals surface area (Å²) in [6, 6.07) is 12.5. The molecule has 8 heteroatoms. The molecule has 6 nitrogen and oxygen atoms in total. The Morgan fingerprint density at radius 3 is 2.60 bits per heavy atom. The molecule has 30 heavy (non-hydrogen) atoms. The van der Waals surface area contributed by atoms with Crippen LogP contribution >= 0.6 is 11.3 Å². The predicted molar refractivity (Wildman–Crippen MR) is 119 cm³/mol. The minimum atomic E-state index is -3.61. The molecule has 1 aliphatic carbocycles. The molecular formula is C22H23N3O3S2. The van der Waals surface area contributed by atoms with Crippen LogP contribution < -0.4 is 5.32 Å². The van der Waals surface area contributed by atoms with Gasteiger partial charge in [0.05, 0.1) is 10.6 Å². The van der Waals surface area contributed by atoms with Gasteiger partial charge in [0.15, 0.2) is 5.13 Å². The smallest absolute Gasteiger partial charge is 0.257 e. The Hall–Kier alpha value is -2.55. The van der Waals surface area contributed by atoms with Gasteiger partial charge >= 0.3 is 0 Å². The normalized spacial score (nSPS) is 13.8. The van der Waals surface area contributed by atoms with E-state index in [1.165, 1.54) is 61.5 Å². The molecule has 0 spiro atoms. The first kappa shape index (κ1) is 20.7. The third-order valence-corrected chi connectivity index (χ3v) is 7.81. The van der Waals surface area contributed by atoms with Gasteiger partial charge in [-0.2, -0.15) is 0 Å². The van der Waals surface area contributed by atoms with Crippen molar-refractivity contribution < 1.29 is 13.2 Å². The van der Waals surface area contributed by atoms with Crippen LogP contribution in [0, 0.1) is 0 Å². The molecule has 1 aromatic heterocycles. The second-order valence-electron chi connectivity index (χ2n) is 7.50. The van der Waals surface area contributed by atoms with Gasteiger partial charge in [0.1, 0.15) is 0 Å². The van der Waals surface area contributed by atoms with Gasteiger partial charge in [-0.3, -0.25) is 10.1 Å². The highest BCUT2D eigenvalue weighted by Crippen LogP contribution is 2.30. The van der Waals surface area contributed by atoms with Gasteiger partial charge in [-0.05, 0) is 61.1 Å². The maximum absolute atomic E-state index is 12.6. The first-order valence-corrected chi connectivity index (χ1v) is 12.1. The monoisotopic (exact) mass is 441 g/mol. The average Bonchev–Trinajstić information content (AvgIpc) is 3.21. The molecule has 0 radical (unpaired) electrons. The number of hydrogen-bond donors (Lipinski definition) is 1. The number of carbonyl (C=O) groups is 1. The largest absolute Gasteiger partial charge is 0.298 e. The van der Waals surface area contributed by atoms with Gasteiger partial charge < -0.3 is 0 Å². The van der Waals surface area contributed by atoms with E-state index < -0.39 is 15.9 Å². The molecule has 1 heterocycles. The van der Waals surface area contributed by atoms with Gasteiger partial charge in [0.25, 0.3) is 5.91 Å². The molecule has 1 amide bonds. The van der Waals surface area contributed by atoms with E-state index in [1.807, 2.05) is 5.38 Å². The van der Waals surface area contributed by atoms with Crippen molar-refractivity contribution in [3.8, 4) is 11.3 Å². The van der Waals surface area contributed by atoms with Gasteiger partial charge in [0.2, 0.25) is 10.0 Å². The summed E-state index contributed by atoms with van der Waals surface area (Å²) in [7, 11) is -0.689. The van der Waals surface area contributed by atoms with Crippen LogP contribution in [0.2, 0.25) is 0 Å². The van der Waals surface area contributed by atoms with Crippen molar-refractivity contribution in [2.45, 2.75) is 30.6 Å². The number of thiazole rings is 1. The number of sulfonamides is 1. The second kappa shape index (κ2) is 8.29. The Balaban J connectivity index is 1.52. The summed E-state index contributed by atoms with van der Waals surface area (Å²) in [6.45, 7) is 0. The lowest BCUT2D eigenvalue weighted by Crippen LogP contribution is -2.22. The van der Waals surface area contributed by atoms with Crippen molar-refractivity contribution in [2.75, 3.05) is 19.4 Å². The molecular weight excluding hydrogens is 418 g/mol. The van der Waals surface area contributed by atoms with E-state index in [0.29, 0.717) is 5.13 Å². The molecule has 0 fully saturated rings. The average molecular weight is 442 g/mol. The lowest BCUT2D eigenvalue weighted by Gasteiger charge is -2.16. The summed E-state index contributed by atoms with van der Waals surface area (Å²) in [5, 5.41) is 5.18. The van der Waals surface area contributed by atoms with E-state index in [4.69, 9.17) is 0 Å². The highest BCUT2D eigenvalue weighted by atomic mass is 32.2. The van der Waals surface area contributed by atoms with E-state index >= 15 is 0 Å². The van der Waals surface area contributed by atoms with Crippen molar-refractivity contribution in [3.63, 3.8) is 0 Å². The predicted octanol–water partition coefficient (Wildman–Crippen LogP) is 4.19. The number of hydrogen-bond acceptors (Lipinski definition) is 5. The zero-order valence-corrected chi connectivity index (χ0v) is 18.5. The van der Waals surface area contributed by atoms with Crippen molar-refractivity contribution >= 4 is 32.4 Å². The molecule has 3 aromatic rings. The van der Waals surface area contributed by atoms with E-state index in [-0.39, 0.29) is 10.5 Å². The Morgan fingerprint density at radius 2 is 1.83 bits per heavy atom. The molecule has 156 valence electrons. The van der Waals surface area contributed by atoms with Crippen LogP contribution in [-0.4, -0.2) is 37.7 Å². The number of aryl methyl sites for hydroxylation is 2. The summed E-state index contributed by atoms with van der Waals surface area (Å²) < 4.78 is 25.7. The number of rotatable bonds is 5. The molecule has 0 saturated heterocycles. The second-order valence-corrected chi connectivity index (χ2v) is 10.5. The highest BCUT2D eigenvalue weighted by molar-refractivity contribution is 7.89. The fourth-order valence-corrected chi connectivity index (χ4v) is 5.20. The fourth-order valence-electron chi connectivity index (χ4n) is 3.53. The van der Waals surface area contributed by atoms with E-state index in [2.05, 4.69) is 28.5 Å². The number of carbonyl (C=O) groups excluding carboxylic acids is 1. The molecule has 0 aliphatic heterocycles. The van der Waals surface area contributed by atoms with E-state index in [1.54, 1.807) is 12.1 Å². The number of fused-ring (bicyclic) bond motifs is 1. The first-order chi connectivity index (χ1) is 14.3. The molecule has 0 unspecified atom stereocenters. The summed E-state index contributed by atoms with van der Waals surface area (Å²) >= 11 is 1.35. The van der Waals surface area contributed by atoms with Gasteiger partial charge in [0, 0.05) is 30.6 Å². The minimum Gasteiger partial charge on any atom is -0.298 e. The molecule has 2 aromatic carbocycles. The quantitative estimate of drug-likeness (QED) is 0.644. The van der Waals surface area contributed by atoms with Crippen LogP contribution in [0.1, 0.15) is 34.3 Å². The molecule has 1 N–H and O–H groups in total. The number of anilines is 1. The third-order valence-electron chi connectivity index (χ3n) is 5.24. The number of aromatic nitrogens is 1. The first-order valence-electron chi connectivity index (χ1n) is 9.76. The summed E-state index contributed by atoms with van der Waals surface area (Å²) in [6.07, 6.45) is 4.70. The van der Waals surface area contributed by atoms with Gasteiger partial charge in [-0.15, -0.1) is 11.3 Å². The molecule has 0 atom stereocenters. The standard InChI is InChI=1S/C22H23N3O3S2/c1-25(2)30(27,28)19-9-5-8-18(13-19)21(26)24-22-23-20(14-29-22)17-11-10-15-6-3-4-7-16(15)12-17/h5,8-14H,3-4,6-7H2,1-2H3,(H,23,24,26). The van der Waals surface area contributed by atoms with E-state index in [0.717, 1.165) is 28.4 Å². The molecule has 0 saturated carbocycles. The zero-order chi connectivity index (χ0) is 21.3. The van der Waals surface area contributed by atoms with Crippen molar-refractivity contribution in [2.24, 2.45) is 0 Å². The molecule has 0 bridgehead atoms. The molecule has 1 aliphatic rings. The van der Waals surface area contributed by atoms with Crippen molar-refractivity contribution in [1.82, 2.24) is 9.29 Å². The maximum Gasteiger partial charge on any atom is 0.257 e. The van der Waals surface area contributed by atoms with Gasteiger partial charge in [-0.25, -0.2) is 17.7 Å². The molecule has 4 rings (SSSR count). The topological polar surface area (TPSA) is 79.4 Å². The summed E-state index contributed by atoms with van der Waals surface area (Å²) in [5.74, 6) is -0.392. The van der Waals surface area contributed by atoms with Crippen molar-refractivity contribution in [3.05, 3.63) is 64.5 Å². The minimum absolute atomic E-state index is 0.0778.